The van der Waals surface area contributed by atoms with Crippen molar-refractivity contribution in [2.24, 2.45) is 0 Å². The van der Waals surface area contributed by atoms with Crippen molar-refractivity contribution >= 4 is 22.4 Å². The highest BCUT2D eigenvalue weighted by atomic mass is 32.1. The third-order valence-electron chi connectivity index (χ3n) is 3.61. The zero-order valence-electron chi connectivity index (χ0n) is 12.9. The number of pyridine rings is 1. The molecule has 1 unspecified atom stereocenters. The summed E-state index contributed by atoms with van der Waals surface area (Å²) in [6.07, 6.45) is 4.04. The van der Waals surface area contributed by atoms with E-state index >= 15 is 0 Å². The molecule has 0 saturated heterocycles. The van der Waals surface area contributed by atoms with Gasteiger partial charge in [0.2, 0.25) is 6.20 Å². The fraction of sp³-hybridized carbons (Fsp3) is 0.438. The van der Waals surface area contributed by atoms with Gasteiger partial charge in [-0.1, -0.05) is 13.8 Å². The second-order valence-electron chi connectivity index (χ2n) is 5.93. The third-order valence-corrected chi connectivity index (χ3v) is 4.76. The van der Waals surface area contributed by atoms with Gasteiger partial charge in [0.05, 0.1) is 5.92 Å². The van der Waals surface area contributed by atoms with Crippen molar-refractivity contribution in [3.63, 3.8) is 0 Å². The van der Waals surface area contributed by atoms with E-state index in [9.17, 15) is 0 Å². The lowest BCUT2D eigenvalue weighted by atomic mass is 10.1. The number of thiazole rings is 1. The first-order valence-electron chi connectivity index (χ1n) is 7.34. The fourth-order valence-electron chi connectivity index (χ4n) is 2.41. The second kappa shape index (κ2) is 5.56. The smallest absolute Gasteiger partial charge is 0.221 e. The molecule has 0 aromatic carbocycles. The van der Waals surface area contributed by atoms with Crippen LogP contribution in [0.5, 0.6) is 0 Å². The summed E-state index contributed by atoms with van der Waals surface area (Å²) in [5.74, 6) is 0.848. The number of rotatable bonds is 4. The fourth-order valence-corrected chi connectivity index (χ4v) is 3.23. The van der Waals surface area contributed by atoms with Crippen LogP contribution < -0.4 is 4.68 Å². The Morgan fingerprint density at radius 3 is 2.76 bits per heavy atom. The van der Waals surface area contributed by atoms with Gasteiger partial charge in [0, 0.05) is 16.8 Å². The summed E-state index contributed by atoms with van der Waals surface area (Å²) in [4.78, 5) is 10.5. The van der Waals surface area contributed by atoms with Gasteiger partial charge in [-0.05, 0) is 31.9 Å². The molecule has 0 radical (unpaired) electrons. The van der Waals surface area contributed by atoms with Gasteiger partial charge in [0.25, 0.3) is 0 Å². The van der Waals surface area contributed by atoms with Crippen LogP contribution in [0.3, 0.4) is 0 Å². The highest BCUT2D eigenvalue weighted by Crippen LogP contribution is 2.21. The molecule has 0 bridgehead atoms. The van der Waals surface area contributed by atoms with Crippen molar-refractivity contribution in [2.45, 2.75) is 46.1 Å². The molecule has 21 heavy (non-hydrogen) atoms. The maximum absolute atomic E-state index is 4.71. The van der Waals surface area contributed by atoms with Crippen LogP contribution in [0.2, 0.25) is 0 Å². The SMILES string of the molecule is Cc1cnc(C(C)C[n+]2cc3nc(C(C)C)ccc3[nH]2)s1. The van der Waals surface area contributed by atoms with Gasteiger partial charge < -0.3 is 0 Å². The summed E-state index contributed by atoms with van der Waals surface area (Å²) in [5.41, 5.74) is 3.25. The van der Waals surface area contributed by atoms with Crippen LogP contribution in [-0.4, -0.2) is 15.1 Å². The van der Waals surface area contributed by atoms with E-state index in [-0.39, 0.29) is 0 Å². The van der Waals surface area contributed by atoms with E-state index in [0.29, 0.717) is 11.8 Å². The zero-order valence-corrected chi connectivity index (χ0v) is 13.7. The molecule has 0 aliphatic rings. The van der Waals surface area contributed by atoms with E-state index in [0.717, 1.165) is 23.3 Å². The number of hydrogen-bond acceptors (Lipinski definition) is 3. The minimum atomic E-state index is 0.395. The summed E-state index contributed by atoms with van der Waals surface area (Å²) in [6.45, 7) is 9.54. The Kier molecular flexibility index (Phi) is 3.76. The molecular formula is C16H21N4S+. The summed E-state index contributed by atoms with van der Waals surface area (Å²) in [6, 6.07) is 4.22. The van der Waals surface area contributed by atoms with Crippen LogP contribution in [0.1, 0.15) is 48.2 Å². The summed E-state index contributed by atoms with van der Waals surface area (Å²) in [5, 5.41) is 4.59. The first-order chi connectivity index (χ1) is 10.0. The Morgan fingerprint density at radius 1 is 1.29 bits per heavy atom. The molecule has 1 N–H and O–H groups in total. The van der Waals surface area contributed by atoms with Gasteiger partial charge in [-0.15, -0.1) is 16.0 Å². The number of nitrogens with one attached hydrogen (secondary N) is 1. The molecule has 3 rings (SSSR count). The van der Waals surface area contributed by atoms with Crippen LogP contribution in [0.15, 0.2) is 24.5 Å². The van der Waals surface area contributed by atoms with Crippen molar-refractivity contribution in [3.8, 4) is 0 Å². The monoisotopic (exact) mass is 301 g/mol. The second-order valence-corrected chi connectivity index (χ2v) is 7.19. The Bertz CT molecular complexity index is 757. The van der Waals surface area contributed by atoms with Gasteiger partial charge in [-0.3, -0.25) is 0 Å². The average Bonchev–Trinajstić information content (AvgIpc) is 3.03. The molecule has 0 aliphatic carbocycles. The Morgan fingerprint density at radius 2 is 2.10 bits per heavy atom. The number of fused-ring (bicyclic) bond motifs is 1. The number of hydrogen-bond donors (Lipinski definition) is 1. The topological polar surface area (TPSA) is 45.5 Å². The molecular weight excluding hydrogens is 280 g/mol. The van der Waals surface area contributed by atoms with Crippen molar-refractivity contribution in [1.29, 1.82) is 0 Å². The van der Waals surface area contributed by atoms with E-state index in [4.69, 9.17) is 4.98 Å². The van der Waals surface area contributed by atoms with Crippen molar-refractivity contribution < 1.29 is 4.68 Å². The number of H-pyrrole nitrogens is 1. The highest BCUT2D eigenvalue weighted by Gasteiger charge is 2.18. The van der Waals surface area contributed by atoms with Crippen molar-refractivity contribution in [2.75, 3.05) is 0 Å². The molecule has 0 aliphatic heterocycles. The number of aryl methyl sites for hydroxylation is 1. The summed E-state index contributed by atoms with van der Waals surface area (Å²) in [7, 11) is 0. The predicted octanol–water partition coefficient (Wildman–Crippen LogP) is 3.54. The van der Waals surface area contributed by atoms with Crippen LogP contribution in [0, 0.1) is 6.92 Å². The van der Waals surface area contributed by atoms with Crippen molar-refractivity contribution in [3.05, 3.63) is 40.1 Å². The van der Waals surface area contributed by atoms with Gasteiger partial charge in [-0.2, -0.15) is 5.10 Å². The normalized spacial score (nSPS) is 13.2. The molecule has 110 valence electrons. The van der Waals surface area contributed by atoms with E-state index in [1.807, 2.05) is 6.20 Å². The summed E-state index contributed by atoms with van der Waals surface area (Å²) >= 11 is 1.77. The van der Waals surface area contributed by atoms with Crippen LogP contribution in [0.25, 0.3) is 11.0 Å². The van der Waals surface area contributed by atoms with E-state index < -0.39 is 0 Å². The van der Waals surface area contributed by atoms with E-state index in [2.05, 4.69) is 60.8 Å². The first-order valence-corrected chi connectivity index (χ1v) is 8.16. The third kappa shape index (κ3) is 2.97. The minimum absolute atomic E-state index is 0.395. The minimum Gasteiger partial charge on any atom is -0.249 e. The molecule has 3 aromatic heterocycles. The van der Waals surface area contributed by atoms with Crippen LogP contribution in [0.4, 0.5) is 0 Å². The van der Waals surface area contributed by atoms with Gasteiger partial charge in [0.15, 0.2) is 12.1 Å². The average molecular weight is 301 g/mol. The van der Waals surface area contributed by atoms with Gasteiger partial charge in [-0.25, -0.2) is 9.97 Å². The molecule has 0 spiro atoms. The van der Waals surface area contributed by atoms with Gasteiger partial charge >= 0.3 is 0 Å². The quantitative estimate of drug-likeness (QED) is 0.749. The molecule has 3 heterocycles. The van der Waals surface area contributed by atoms with Crippen molar-refractivity contribution in [1.82, 2.24) is 15.1 Å². The standard InChI is InChI=1S/C16H20N4S/c1-10(2)13-5-6-14-15(18-13)9-20(19-14)8-11(3)16-17-7-12(4)21-16/h5-7,9-11H,8H2,1-4H3/p+1. The molecule has 0 amide bonds. The largest absolute Gasteiger partial charge is 0.249 e. The molecule has 0 fully saturated rings. The predicted molar refractivity (Wildman–Crippen MR) is 85.6 cm³/mol. The van der Waals surface area contributed by atoms with Crippen LogP contribution >= 0.6 is 11.3 Å². The summed E-state index contributed by atoms with van der Waals surface area (Å²) < 4.78 is 2.11. The van der Waals surface area contributed by atoms with E-state index in [1.54, 1.807) is 11.3 Å². The molecule has 5 heteroatoms. The lowest BCUT2D eigenvalue weighted by Gasteiger charge is -2.01. The lowest BCUT2D eigenvalue weighted by Crippen LogP contribution is -2.37. The number of aromatic nitrogens is 4. The zero-order chi connectivity index (χ0) is 15.0. The molecule has 0 saturated carbocycles. The Labute approximate surface area is 128 Å². The highest BCUT2D eigenvalue weighted by molar-refractivity contribution is 7.11. The molecule has 1 atom stereocenters. The van der Waals surface area contributed by atoms with E-state index in [1.165, 1.54) is 9.88 Å². The van der Waals surface area contributed by atoms with Crippen LogP contribution in [-0.2, 0) is 6.54 Å². The number of nitrogens with zero attached hydrogens (tertiary/aromatic N) is 3. The molecule has 4 nitrogen and oxygen atoms in total. The number of aromatic amines is 1. The van der Waals surface area contributed by atoms with Gasteiger partial charge in [0.1, 0.15) is 10.5 Å². The maximum Gasteiger partial charge on any atom is 0.221 e. The maximum atomic E-state index is 4.71. The lowest BCUT2D eigenvalue weighted by molar-refractivity contribution is -0.750. The molecule has 3 aromatic rings. The first kappa shape index (κ1) is 14.2. The Hall–Kier alpha value is -1.75. The Balaban J connectivity index is 1.84.